The van der Waals surface area contributed by atoms with Crippen LogP contribution >= 0.6 is 0 Å². The van der Waals surface area contributed by atoms with E-state index < -0.39 is 74.7 Å². The second-order valence-corrected chi connectivity index (χ2v) is 5.50. The van der Waals surface area contributed by atoms with E-state index in [1.165, 1.54) is 0 Å². The lowest BCUT2D eigenvalue weighted by molar-refractivity contribution is -0.375. The van der Waals surface area contributed by atoms with Gasteiger partial charge in [-0.05, 0) is 0 Å². The van der Waals surface area contributed by atoms with Crippen LogP contribution in [-0.2, 0) is 14.2 Å². The normalized spacial score (nSPS) is 51.7. The first-order valence-electron chi connectivity index (χ1n) is 7.03. The summed E-state index contributed by atoms with van der Waals surface area (Å²) in [4.78, 5) is 0. The van der Waals surface area contributed by atoms with E-state index >= 15 is 0 Å². The second kappa shape index (κ2) is 7.61. The molecule has 0 spiro atoms. The van der Waals surface area contributed by atoms with Gasteiger partial charge in [0.05, 0.1) is 6.61 Å². The lowest BCUT2D eigenvalue weighted by Gasteiger charge is -2.44. The van der Waals surface area contributed by atoms with Gasteiger partial charge in [-0.1, -0.05) is 0 Å². The zero-order valence-electron chi connectivity index (χ0n) is 11.9. The largest absolute Gasteiger partial charge is 0.394 e. The van der Waals surface area contributed by atoms with E-state index in [9.17, 15) is 35.0 Å². The highest BCUT2D eigenvalue weighted by molar-refractivity contribution is 4.92. The lowest BCUT2D eigenvalue weighted by atomic mass is 9.98. The number of aliphatic hydroxyl groups excluding tert-OH is 7. The molecular weight excluding hydrogens is 323 g/mol. The average Bonchev–Trinajstić information content (AvgIpc) is 2.55. The minimum Gasteiger partial charge on any atom is -0.394 e. The second-order valence-electron chi connectivity index (χ2n) is 5.50. The molecule has 0 amide bonds. The molecule has 0 radical (unpaired) electrons. The van der Waals surface area contributed by atoms with Gasteiger partial charge in [-0.2, -0.15) is 0 Å². The van der Waals surface area contributed by atoms with Crippen LogP contribution < -0.4 is 0 Å². The number of hydrogen-bond donors (Lipinski definition) is 7. The highest BCUT2D eigenvalue weighted by Gasteiger charge is 2.49. The molecule has 0 aromatic heterocycles. The van der Waals surface area contributed by atoms with Crippen LogP contribution in [-0.4, -0.2) is 110 Å². The van der Waals surface area contributed by atoms with Gasteiger partial charge in [-0.3, -0.25) is 0 Å². The summed E-state index contributed by atoms with van der Waals surface area (Å²) in [5, 5.41) is 67.1. The fourth-order valence-corrected chi connectivity index (χ4v) is 2.47. The molecule has 23 heavy (non-hydrogen) atoms. The Morgan fingerprint density at radius 2 is 1.13 bits per heavy atom. The molecular formula is C12H21FO10. The van der Waals surface area contributed by atoms with Gasteiger partial charge in [0.2, 0.25) is 0 Å². The molecule has 11 heteroatoms. The van der Waals surface area contributed by atoms with Crippen LogP contribution in [0.3, 0.4) is 0 Å². The van der Waals surface area contributed by atoms with Gasteiger partial charge < -0.3 is 50.0 Å². The summed E-state index contributed by atoms with van der Waals surface area (Å²) in [6.07, 6.45) is -16.3. The number of halogens is 1. The number of aliphatic hydroxyl groups is 7. The van der Waals surface area contributed by atoms with E-state index in [4.69, 9.17) is 19.3 Å². The maximum atomic E-state index is 12.8. The third kappa shape index (κ3) is 3.64. The van der Waals surface area contributed by atoms with Crippen molar-refractivity contribution < 1.29 is 54.3 Å². The molecule has 2 aliphatic rings. The van der Waals surface area contributed by atoms with Gasteiger partial charge >= 0.3 is 0 Å². The van der Waals surface area contributed by atoms with E-state index in [1.54, 1.807) is 0 Å². The van der Waals surface area contributed by atoms with E-state index in [1.807, 2.05) is 0 Å². The van der Waals surface area contributed by atoms with E-state index in [-0.39, 0.29) is 0 Å². The first-order chi connectivity index (χ1) is 10.8. The van der Waals surface area contributed by atoms with Crippen LogP contribution in [0.5, 0.6) is 0 Å². The zero-order chi connectivity index (χ0) is 17.3. The van der Waals surface area contributed by atoms with Crippen molar-refractivity contribution in [3.63, 3.8) is 0 Å². The van der Waals surface area contributed by atoms with Crippen LogP contribution in [0.15, 0.2) is 0 Å². The highest BCUT2D eigenvalue weighted by Crippen LogP contribution is 2.28. The van der Waals surface area contributed by atoms with Gasteiger partial charge in [0.25, 0.3) is 0 Å². The summed E-state index contributed by atoms with van der Waals surface area (Å²) in [6, 6.07) is 0. The summed E-state index contributed by atoms with van der Waals surface area (Å²) in [6.45, 7) is -1.85. The minimum atomic E-state index is -1.78. The summed E-state index contributed by atoms with van der Waals surface area (Å²) in [5.41, 5.74) is 0. The van der Waals surface area contributed by atoms with Crippen molar-refractivity contribution >= 4 is 0 Å². The molecule has 136 valence electrons. The van der Waals surface area contributed by atoms with Crippen molar-refractivity contribution in [2.45, 2.75) is 61.4 Å². The Balaban J connectivity index is 2.07. The molecule has 2 rings (SSSR count). The Bertz CT molecular complexity index is 349. The fraction of sp³-hybridized carbons (Fsp3) is 1.00. The molecule has 10 atom stereocenters. The maximum Gasteiger partial charge on any atom is 0.189 e. The lowest BCUT2D eigenvalue weighted by Crippen LogP contribution is -2.63. The molecule has 0 aromatic carbocycles. The minimum absolute atomic E-state index is 0.687. The fourth-order valence-electron chi connectivity index (χ4n) is 2.47. The molecule has 10 unspecified atom stereocenters. The molecule has 0 saturated carbocycles. The smallest absolute Gasteiger partial charge is 0.189 e. The van der Waals surface area contributed by atoms with E-state index in [0.29, 0.717) is 0 Å². The molecule has 0 aromatic rings. The first kappa shape index (κ1) is 18.9. The molecule has 2 fully saturated rings. The molecule has 2 heterocycles. The van der Waals surface area contributed by atoms with Crippen LogP contribution in [0.25, 0.3) is 0 Å². The summed E-state index contributed by atoms with van der Waals surface area (Å²) in [5.74, 6) is 0. The van der Waals surface area contributed by atoms with Crippen LogP contribution in [0.1, 0.15) is 0 Å². The van der Waals surface area contributed by atoms with Crippen molar-refractivity contribution in [1.29, 1.82) is 0 Å². The Morgan fingerprint density at radius 1 is 0.696 bits per heavy atom. The predicted octanol–water partition coefficient (Wildman–Crippen LogP) is -4.42. The molecule has 7 N–H and O–H groups in total. The number of rotatable bonds is 4. The molecule has 10 nitrogen and oxygen atoms in total. The van der Waals surface area contributed by atoms with E-state index in [2.05, 4.69) is 0 Å². The summed E-state index contributed by atoms with van der Waals surface area (Å²) < 4.78 is 27.9. The van der Waals surface area contributed by atoms with Crippen molar-refractivity contribution in [1.82, 2.24) is 0 Å². The third-order valence-corrected chi connectivity index (χ3v) is 3.94. The summed E-state index contributed by atoms with van der Waals surface area (Å²) >= 11 is 0. The number of alkyl halides is 1. The van der Waals surface area contributed by atoms with E-state index in [0.717, 1.165) is 0 Å². The monoisotopic (exact) mass is 344 g/mol. The average molecular weight is 344 g/mol. The molecule has 0 aliphatic carbocycles. The standard InChI is InChI=1S/C12H21FO10/c13-1-3-5(15)7(17)9(19)11(21-3)23-12-10(20)8(18)6(16)4(2-14)22-12/h3-12,14-20H,1-2H2. The molecule has 2 saturated heterocycles. The van der Waals surface area contributed by atoms with Gasteiger partial charge in [0, 0.05) is 0 Å². The van der Waals surface area contributed by atoms with Crippen molar-refractivity contribution in [3.05, 3.63) is 0 Å². The van der Waals surface area contributed by atoms with Gasteiger partial charge in [-0.15, -0.1) is 0 Å². The number of hydrogen-bond acceptors (Lipinski definition) is 10. The van der Waals surface area contributed by atoms with Crippen molar-refractivity contribution in [2.24, 2.45) is 0 Å². The van der Waals surface area contributed by atoms with Gasteiger partial charge in [0.1, 0.15) is 55.5 Å². The quantitative estimate of drug-likeness (QED) is 0.264. The summed E-state index contributed by atoms with van der Waals surface area (Å²) in [7, 11) is 0. The maximum absolute atomic E-state index is 12.8. The Kier molecular flexibility index (Phi) is 6.24. The Morgan fingerprint density at radius 3 is 1.57 bits per heavy atom. The highest BCUT2D eigenvalue weighted by atomic mass is 19.1. The molecule has 2 aliphatic heterocycles. The predicted molar refractivity (Wildman–Crippen MR) is 67.5 cm³/mol. The molecule has 0 bridgehead atoms. The Hall–Kier alpha value is -0.470. The Labute approximate surface area is 130 Å². The number of ether oxygens (including phenoxy) is 3. The topological polar surface area (TPSA) is 169 Å². The van der Waals surface area contributed by atoms with Crippen LogP contribution in [0.4, 0.5) is 4.39 Å². The third-order valence-electron chi connectivity index (χ3n) is 3.94. The van der Waals surface area contributed by atoms with Gasteiger partial charge in [0.15, 0.2) is 12.6 Å². The van der Waals surface area contributed by atoms with Crippen LogP contribution in [0.2, 0.25) is 0 Å². The van der Waals surface area contributed by atoms with Crippen molar-refractivity contribution in [3.8, 4) is 0 Å². The zero-order valence-corrected chi connectivity index (χ0v) is 11.9. The SMILES string of the molecule is OCC1OC(OC2OC(CF)C(O)C(O)C2O)C(O)C(O)C1O. The van der Waals surface area contributed by atoms with Crippen molar-refractivity contribution in [2.75, 3.05) is 13.3 Å². The van der Waals surface area contributed by atoms with Crippen LogP contribution in [0, 0.1) is 0 Å². The first-order valence-corrected chi connectivity index (χ1v) is 7.03. The van der Waals surface area contributed by atoms with Gasteiger partial charge in [-0.25, -0.2) is 4.39 Å².